The van der Waals surface area contributed by atoms with Crippen LogP contribution < -0.4 is 10.6 Å². The fraction of sp³-hybridized carbons (Fsp3) is 0.105. The monoisotopic (exact) mass is 318 g/mol. The highest BCUT2D eigenvalue weighted by molar-refractivity contribution is 6.03. The van der Waals surface area contributed by atoms with Gasteiger partial charge in [0.25, 0.3) is 5.91 Å². The Labute approximate surface area is 140 Å². The summed E-state index contributed by atoms with van der Waals surface area (Å²) in [6.07, 6.45) is 2.38. The Balaban J connectivity index is 1.72. The Morgan fingerprint density at radius 2 is 1.71 bits per heavy atom. The van der Waals surface area contributed by atoms with Crippen LogP contribution in [0.5, 0.6) is 0 Å². The number of rotatable bonds is 5. The number of hydrogen-bond acceptors (Lipinski definition) is 4. The van der Waals surface area contributed by atoms with Crippen molar-refractivity contribution in [3.63, 3.8) is 0 Å². The van der Waals surface area contributed by atoms with E-state index in [1.54, 1.807) is 6.07 Å². The molecule has 3 aromatic rings. The van der Waals surface area contributed by atoms with Crippen molar-refractivity contribution in [1.29, 1.82) is 0 Å². The summed E-state index contributed by atoms with van der Waals surface area (Å²) in [6, 6.07) is 19.0. The van der Waals surface area contributed by atoms with Crippen LogP contribution in [0.1, 0.15) is 23.0 Å². The molecule has 0 unspecified atom stereocenters. The molecule has 0 atom stereocenters. The van der Waals surface area contributed by atoms with Crippen molar-refractivity contribution in [2.24, 2.45) is 0 Å². The lowest BCUT2D eigenvalue weighted by molar-refractivity contribution is 0.102. The molecular formula is C19H18N4O. The fourth-order valence-electron chi connectivity index (χ4n) is 2.24. The van der Waals surface area contributed by atoms with Crippen molar-refractivity contribution in [2.45, 2.75) is 13.3 Å². The number of benzene rings is 2. The molecule has 2 N–H and O–H groups in total. The van der Waals surface area contributed by atoms with Gasteiger partial charge < -0.3 is 10.6 Å². The van der Waals surface area contributed by atoms with Gasteiger partial charge in [0.2, 0.25) is 0 Å². The molecule has 0 radical (unpaired) electrons. The van der Waals surface area contributed by atoms with Crippen molar-refractivity contribution < 1.29 is 4.79 Å². The predicted octanol–water partition coefficient (Wildman–Crippen LogP) is 4.03. The zero-order chi connectivity index (χ0) is 16.8. The van der Waals surface area contributed by atoms with Crippen LogP contribution in [0.2, 0.25) is 0 Å². The molecule has 1 amide bonds. The largest absolute Gasteiger partial charge is 0.340 e. The number of para-hydroxylation sites is 1. The lowest BCUT2D eigenvalue weighted by Gasteiger charge is -2.08. The van der Waals surface area contributed by atoms with E-state index in [9.17, 15) is 4.79 Å². The van der Waals surface area contributed by atoms with Crippen molar-refractivity contribution in [3.05, 3.63) is 78.2 Å². The molecule has 120 valence electrons. The summed E-state index contributed by atoms with van der Waals surface area (Å²) >= 11 is 0. The van der Waals surface area contributed by atoms with Gasteiger partial charge >= 0.3 is 0 Å². The average Bonchev–Trinajstić information content (AvgIpc) is 2.63. The first kappa shape index (κ1) is 15.7. The third-order valence-electron chi connectivity index (χ3n) is 3.57. The second-order valence-corrected chi connectivity index (χ2v) is 5.28. The Morgan fingerprint density at radius 3 is 2.42 bits per heavy atom. The summed E-state index contributed by atoms with van der Waals surface area (Å²) in [4.78, 5) is 20.5. The van der Waals surface area contributed by atoms with Gasteiger partial charge in [-0.2, -0.15) is 0 Å². The number of aryl methyl sites for hydroxylation is 1. The molecule has 0 saturated carbocycles. The third-order valence-corrected chi connectivity index (χ3v) is 3.57. The molecule has 5 heteroatoms. The van der Waals surface area contributed by atoms with Gasteiger partial charge in [0.05, 0.1) is 0 Å². The van der Waals surface area contributed by atoms with E-state index < -0.39 is 0 Å². The van der Waals surface area contributed by atoms with Crippen molar-refractivity contribution in [3.8, 4) is 0 Å². The molecule has 0 spiro atoms. The number of anilines is 3. The first-order valence-electron chi connectivity index (χ1n) is 7.79. The van der Waals surface area contributed by atoms with E-state index in [0.29, 0.717) is 11.5 Å². The maximum atomic E-state index is 12.3. The van der Waals surface area contributed by atoms with Gasteiger partial charge in [-0.1, -0.05) is 37.3 Å². The second-order valence-electron chi connectivity index (χ2n) is 5.28. The van der Waals surface area contributed by atoms with E-state index in [2.05, 4.69) is 39.7 Å². The van der Waals surface area contributed by atoms with Gasteiger partial charge in [-0.3, -0.25) is 4.79 Å². The highest BCUT2D eigenvalue weighted by atomic mass is 16.1. The summed E-state index contributed by atoms with van der Waals surface area (Å²) in [6.45, 7) is 2.12. The quantitative estimate of drug-likeness (QED) is 0.745. The van der Waals surface area contributed by atoms with Crippen LogP contribution >= 0.6 is 0 Å². The minimum Gasteiger partial charge on any atom is -0.340 e. The van der Waals surface area contributed by atoms with Crippen molar-refractivity contribution in [2.75, 3.05) is 10.6 Å². The summed E-state index contributed by atoms with van der Waals surface area (Å²) in [5.41, 5.74) is 3.22. The molecule has 0 saturated heterocycles. The van der Waals surface area contributed by atoms with E-state index >= 15 is 0 Å². The first-order chi connectivity index (χ1) is 11.7. The predicted molar refractivity (Wildman–Crippen MR) is 95.5 cm³/mol. The number of carbonyl (C=O) groups is 1. The third kappa shape index (κ3) is 3.95. The van der Waals surface area contributed by atoms with Crippen molar-refractivity contribution >= 4 is 23.1 Å². The van der Waals surface area contributed by atoms with Gasteiger partial charge in [-0.05, 0) is 36.2 Å². The highest BCUT2D eigenvalue weighted by Gasteiger charge is 2.09. The second kappa shape index (κ2) is 7.37. The summed E-state index contributed by atoms with van der Waals surface area (Å²) in [7, 11) is 0. The molecule has 0 aliphatic heterocycles. The molecule has 0 bridgehead atoms. The standard InChI is InChI=1S/C19H18N4O/c1-2-14-8-10-16(11-9-14)22-18-12-17(20-13-21-18)19(24)23-15-6-4-3-5-7-15/h3-13H,2H2,1H3,(H,23,24)(H,20,21,22). The number of hydrogen-bond donors (Lipinski definition) is 2. The Bertz CT molecular complexity index is 816. The topological polar surface area (TPSA) is 66.9 Å². The number of carbonyl (C=O) groups excluding carboxylic acids is 1. The summed E-state index contributed by atoms with van der Waals surface area (Å²) in [5, 5.41) is 5.99. The minimum atomic E-state index is -0.270. The Hall–Kier alpha value is -3.21. The molecule has 5 nitrogen and oxygen atoms in total. The normalized spacial score (nSPS) is 10.2. The zero-order valence-corrected chi connectivity index (χ0v) is 13.4. The van der Waals surface area contributed by atoms with Crippen LogP contribution in [0, 0.1) is 0 Å². The number of amides is 1. The van der Waals surface area contributed by atoms with Crippen molar-refractivity contribution in [1.82, 2.24) is 9.97 Å². The fourth-order valence-corrected chi connectivity index (χ4v) is 2.24. The van der Waals surface area contributed by atoms with Gasteiger partial charge in [0.15, 0.2) is 0 Å². The van der Waals surface area contributed by atoms with Crippen LogP contribution in [-0.4, -0.2) is 15.9 Å². The summed E-state index contributed by atoms with van der Waals surface area (Å²) < 4.78 is 0. The minimum absolute atomic E-state index is 0.270. The zero-order valence-electron chi connectivity index (χ0n) is 13.4. The highest BCUT2D eigenvalue weighted by Crippen LogP contribution is 2.16. The van der Waals surface area contributed by atoms with E-state index in [0.717, 1.165) is 17.8 Å². The smallest absolute Gasteiger partial charge is 0.274 e. The molecule has 3 rings (SSSR count). The lowest BCUT2D eigenvalue weighted by Crippen LogP contribution is -2.14. The van der Waals surface area contributed by atoms with Crippen LogP contribution in [0.15, 0.2) is 67.0 Å². The number of nitrogens with one attached hydrogen (secondary N) is 2. The first-order valence-corrected chi connectivity index (χ1v) is 7.79. The average molecular weight is 318 g/mol. The van der Waals surface area contributed by atoms with Crippen LogP contribution in [0.3, 0.4) is 0 Å². The maximum absolute atomic E-state index is 12.3. The Morgan fingerprint density at radius 1 is 0.958 bits per heavy atom. The molecule has 0 aliphatic carbocycles. The molecule has 24 heavy (non-hydrogen) atoms. The van der Waals surface area contributed by atoms with E-state index in [1.165, 1.54) is 11.9 Å². The van der Waals surface area contributed by atoms with Crippen LogP contribution in [0.4, 0.5) is 17.2 Å². The summed E-state index contributed by atoms with van der Waals surface area (Å²) in [5.74, 6) is 0.306. The molecule has 0 fully saturated rings. The lowest BCUT2D eigenvalue weighted by atomic mass is 10.1. The molecular weight excluding hydrogens is 300 g/mol. The van der Waals surface area contributed by atoms with E-state index in [4.69, 9.17) is 0 Å². The number of nitrogens with zero attached hydrogens (tertiary/aromatic N) is 2. The maximum Gasteiger partial charge on any atom is 0.274 e. The number of aromatic nitrogens is 2. The molecule has 2 aromatic carbocycles. The molecule has 1 heterocycles. The SMILES string of the molecule is CCc1ccc(Nc2cc(C(=O)Nc3ccccc3)ncn2)cc1. The molecule has 1 aromatic heterocycles. The van der Waals surface area contributed by atoms with Crippen LogP contribution in [-0.2, 0) is 6.42 Å². The van der Waals surface area contributed by atoms with Gasteiger partial charge in [-0.25, -0.2) is 9.97 Å². The molecule has 0 aliphatic rings. The van der Waals surface area contributed by atoms with Crippen LogP contribution in [0.25, 0.3) is 0 Å². The van der Waals surface area contributed by atoms with E-state index in [1.807, 2.05) is 42.5 Å². The Kier molecular flexibility index (Phi) is 4.81. The van der Waals surface area contributed by atoms with Gasteiger partial charge in [0.1, 0.15) is 17.8 Å². The van der Waals surface area contributed by atoms with Gasteiger partial charge in [-0.15, -0.1) is 0 Å². The van der Waals surface area contributed by atoms with E-state index in [-0.39, 0.29) is 5.91 Å². The van der Waals surface area contributed by atoms with Gasteiger partial charge in [0, 0.05) is 17.4 Å².